The van der Waals surface area contributed by atoms with E-state index in [9.17, 15) is 9.18 Å². The Morgan fingerprint density at radius 3 is 3.00 bits per heavy atom. The lowest BCUT2D eigenvalue weighted by Gasteiger charge is -2.13. The lowest BCUT2D eigenvalue weighted by Crippen LogP contribution is -2.29. The molecule has 2 N–H and O–H groups in total. The van der Waals surface area contributed by atoms with E-state index in [1.54, 1.807) is 12.1 Å². The third-order valence-electron chi connectivity index (χ3n) is 2.33. The summed E-state index contributed by atoms with van der Waals surface area (Å²) in [5.74, 6) is -0.283. The van der Waals surface area contributed by atoms with E-state index in [-0.39, 0.29) is 17.8 Å². The number of benzene rings is 1. The maximum Gasteiger partial charge on any atom is 0.242 e. The fraction of sp³-hybridized carbons (Fsp3) is 0.300. The van der Waals surface area contributed by atoms with Crippen molar-refractivity contribution in [2.45, 2.75) is 12.5 Å². The van der Waals surface area contributed by atoms with Crippen LogP contribution in [0.4, 0.5) is 10.1 Å². The lowest BCUT2D eigenvalue weighted by atomic mass is 10.2. The number of rotatable bonds is 2. The molecule has 5 heteroatoms. The van der Waals surface area contributed by atoms with Gasteiger partial charge in [0, 0.05) is 6.54 Å². The second-order valence-electron chi connectivity index (χ2n) is 3.38. The average molecular weight is 320 g/mol. The van der Waals surface area contributed by atoms with Gasteiger partial charge in [0.2, 0.25) is 5.91 Å². The van der Waals surface area contributed by atoms with Gasteiger partial charge in [0.15, 0.2) is 0 Å². The zero-order valence-corrected chi connectivity index (χ0v) is 10.0. The standard InChI is InChI=1S/C10H10FIN2O/c11-6-2-1-3-7(9(6)12)14-8-4-5-13-10(8)15/h1-3,8,14H,4-5H2,(H,13,15). The van der Waals surface area contributed by atoms with E-state index in [1.165, 1.54) is 6.07 Å². The maximum atomic E-state index is 13.2. The zero-order valence-electron chi connectivity index (χ0n) is 7.89. The van der Waals surface area contributed by atoms with Crippen LogP contribution in [0.25, 0.3) is 0 Å². The molecule has 1 saturated heterocycles. The zero-order chi connectivity index (χ0) is 10.8. The topological polar surface area (TPSA) is 41.1 Å². The highest BCUT2D eigenvalue weighted by Gasteiger charge is 2.24. The van der Waals surface area contributed by atoms with Gasteiger partial charge in [0.25, 0.3) is 0 Å². The molecule has 0 aliphatic carbocycles. The number of anilines is 1. The molecule has 15 heavy (non-hydrogen) atoms. The van der Waals surface area contributed by atoms with Crippen molar-refractivity contribution in [2.75, 3.05) is 11.9 Å². The first-order valence-electron chi connectivity index (χ1n) is 4.67. The second-order valence-corrected chi connectivity index (χ2v) is 4.46. The van der Waals surface area contributed by atoms with Crippen LogP contribution >= 0.6 is 22.6 Å². The van der Waals surface area contributed by atoms with Crippen molar-refractivity contribution >= 4 is 34.2 Å². The van der Waals surface area contributed by atoms with E-state index < -0.39 is 0 Å². The molecule has 0 spiro atoms. The molecule has 3 nitrogen and oxygen atoms in total. The summed E-state index contributed by atoms with van der Waals surface area (Å²) in [6, 6.07) is 4.57. The summed E-state index contributed by atoms with van der Waals surface area (Å²) < 4.78 is 13.7. The number of nitrogens with one attached hydrogen (secondary N) is 2. The number of hydrogen-bond donors (Lipinski definition) is 2. The van der Waals surface area contributed by atoms with Crippen molar-refractivity contribution in [3.05, 3.63) is 27.6 Å². The first kappa shape index (κ1) is 10.7. The Morgan fingerprint density at radius 1 is 1.53 bits per heavy atom. The Balaban J connectivity index is 2.17. The van der Waals surface area contributed by atoms with Crippen LogP contribution in [0.1, 0.15) is 6.42 Å². The summed E-state index contributed by atoms with van der Waals surface area (Å²) in [5, 5.41) is 5.77. The minimum absolute atomic E-state index is 0.0185. The predicted molar refractivity (Wildman–Crippen MR) is 64.2 cm³/mol. The van der Waals surface area contributed by atoms with Crippen molar-refractivity contribution < 1.29 is 9.18 Å². The molecule has 1 aromatic rings. The number of carbonyl (C=O) groups is 1. The molecule has 1 heterocycles. The van der Waals surface area contributed by atoms with E-state index in [0.717, 1.165) is 6.42 Å². The van der Waals surface area contributed by atoms with E-state index in [4.69, 9.17) is 0 Å². The number of carbonyl (C=O) groups excluding carboxylic acids is 1. The van der Waals surface area contributed by atoms with Crippen molar-refractivity contribution in [3.63, 3.8) is 0 Å². The summed E-state index contributed by atoms with van der Waals surface area (Å²) in [6.45, 7) is 0.683. The number of halogens is 2. The molecule has 1 amide bonds. The first-order chi connectivity index (χ1) is 7.18. The highest BCUT2D eigenvalue weighted by Crippen LogP contribution is 2.22. The monoisotopic (exact) mass is 320 g/mol. The molecule has 2 rings (SSSR count). The van der Waals surface area contributed by atoms with E-state index in [1.807, 2.05) is 22.6 Å². The van der Waals surface area contributed by atoms with Crippen LogP contribution in [0, 0.1) is 9.39 Å². The fourth-order valence-corrected chi connectivity index (χ4v) is 2.05. The second kappa shape index (κ2) is 4.34. The summed E-state index contributed by atoms with van der Waals surface area (Å²) in [6.07, 6.45) is 0.741. The molecule has 1 aromatic carbocycles. The van der Waals surface area contributed by atoms with Crippen LogP contribution in [0.2, 0.25) is 0 Å². The molecule has 0 aromatic heterocycles. The van der Waals surface area contributed by atoms with Gasteiger partial charge < -0.3 is 10.6 Å². The Labute approximate surface area is 101 Å². The lowest BCUT2D eigenvalue weighted by molar-refractivity contribution is -0.119. The molecule has 0 radical (unpaired) electrons. The van der Waals surface area contributed by atoms with Crippen LogP contribution in [-0.4, -0.2) is 18.5 Å². The summed E-state index contributed by atoms with van der Waals surface area (Å²) in [7, 11) is 0. The van der Waals surface area contributed by atoms with Crippen LogP contribution in [0.15, 0.2) is 18.2 Å². The third-order valence-corrected chi connectivity index (χ3v) is 3.43. The molecule has 1 aliphatic rings. The van der Waals surface area contributed by atoms with Crippen LogP contribution in [-0.2, 0) is 4.79 Å². The summed E-state index contributed by atoms with van der Waals surface area (Å²) in [4.78, 5) is 11.3. The molecular weight excluding hydrogens is 310 g/mol. The van der Waals surface area contributed by atoms with Gasteiger partial charge in [-0.1, -0.05) is 6.07 Å². The van der Waals surface area contributed by atoms with Gasteiger partial charge in [-0.05, 0) is 41.1 Å². The first-order valence-corrected chi connectivity index (χ1v) is 5.74. The van der Waals surface area contributed by atoms with Crippen molar-refractivity contribution in [1.29, 1.82) is 0 Å². The summed E-state index contributed by atoms with van der Waals surface area (Å²) in [5.41, 5.74) is 0.678. The predicted octanol–water partition coefficient (Wildman–Crippen LogP) is 1.73. The maximum absolute atomic E-state index is 13.2. The van der Waals surface area contributed by atoms with E-state index >= 15 is 0 Å². The summed E-state index contributed by atoms with van der Waals surface area (Å²) >= 11 is 1.93. The molecule has 1 atom stereocenters. The van der Waals surface area contributed by atoms with Crippen molar-refractivity contribution in [2.24, 2.45) is 0 Å². The minimum atomic E-state index is -0.265. The quantitative estimate of drug-likeness (QED) is 0.815. The SMILES string of the molecule is O=C1NCCC1Nc1cccc(F)c1I. The highest BCUT2D eigenvalue weighted by atomic mass is 127. The van der Waals surface area contributed by atoms with E-state index in [0.29, 0.717) is 15.8 Å². The van der Waals surface area contributed by atoms with Gasteiger partial charge in [-0.25, -0.2) is 4.39 Å². The average Bonchev–Trinajstić information content (AvgIpc) is 2.60. The smallest absolute Gasteiger partial charge is 0.242 e. The van der Waals surface area contributed by atoms with Gasteiger partial charge in [-0.3, -0.25) is 4.79 Å². The van der Waals surface area contributed by atoms with Crippen LogP contribution in [0.3, 0.4) is 0 Å². The minimum Gasteiger partial charge on any atom is -0.373 e. The van der Waals surface area contributed by atoms with Gasteiger partial charge in [-0.2, -0.15) is 0 Å². The Hall–Kier alpha value is -0.850. The largest absolute Gasteiger partial charge is 0.373 e. The van der Waals surface area contributed by atoms with Gasteiger partial charge in [-0.15, -0.1) is 0 Å². The Kier molecular flexibility index (Phi) is 3.08. The molecule has 1 unspecified atom stereocenters. The molecular formula is C10H10FIN2O. The Morgan fingerprint density at radius 2 is 2.33 bits per heavy atom. The van der Waals surface area contributed by atoms with Gasteiger partial charge in [0.05, 0.1) is 9.26 Å². The van der Waals surface area contributed by atoms with Gasteiger partial charge >= 0.3 is 0 Å². The molecule has 1 aliphatic heterocycles. The van der Waals surface area contributed by atoms with Crippen molar-refractivity contribution in [3.8, 4) is 0 Å². The Bertz CT molecular complexity index is 397. The highest BCUT2D eigenvalue weighted by molar-refractivity contribution is 14.1. The molecule has 0 bridgehead atoms. The number of hydrogen-bond acceptors (Lipinski definition) is 2. The number of amides is 1. The third kappa shape index (κ3) is 2.22. The molecule has 0 saturated carbocycles. The molecule has 1 fully saturated rings. The van der Waals surface area contributed by atoms with Crippen LogP contribution < -0.4 is 10.6 Å². The van der Waals surface area contributed by atoms with Gasteiger partial charge in [0.1, 0.15) is 11.9 Å². The van der Waals surface area contributed by atoms with E-state index in [2.05, 4.69) is 10.6 Å². The van der Waals surface area contributed by atoms with Crippen molar-refractivity contribution in [1.82, 2.24) is 5.32 Å². The van der Waals surface area contributed by atoms with Crippen LogP contribution in [0.5, 0.6) is 0 Å². The molecule has 80 valence electrons. The fourth-order valence-electron chi connectivity index (χ4n) is 1.53. The normalized spacial score (nSPS) is 20.1.